The molecule has 1 aromatic rings. The highest BCUT2D eigenvalue weighted by molar-refractivity contribution is 5.71. The number of hydrogen-bond donors (Lipinski definition) is 0. The molecule has 6 heteroatoms. The first-order chi connectivity index (χ1) is 7.99. The number of hydrogen-bond acceptors (Lipinski definition) is 5. The van der Waals surface area contributed by atoms with E-state index in [0.717, 1.165) is 5.56 Å². The Morgan fingerprint density at radius 1 is 1.35 bits per heavy atom. The van der Waals surface area contributed by atoms with Crippen LogP contribution in [0, 0.1) is 10.1 Å². The fraction of sp³-hybridized carbons (Fsp3) is 0.364. The normalized spacial score (nSPS) is 10.3. The van der Waals surface area contributed by atoms with Crippen molar-refractivity contribution in [3.8, 4) is 0 Å². The van der Waals surface area contributed by atoms with Gasteiger partial charge in [0, 0.05) is 12.1 Å². The van der Waals surface area contributed by atoms with Crippen LogP contribution in [0.25, 0.3) is 0 Å². The predicted octanol–water partition coefficient (Wildman–Crippen LogP) is 1.20. The second kappa shape index (κ2) is 5.95. The van der Waals surface area contributed by atoms with Crippen molar-refractivity contribution in [1.82, 2.24) is 4.90 Å². The van der Waals surface area contributed by atoms with Gasteiger partial charge in [-0.05, 0) is 31.8 Å². The zero-order valence-corrected chi connectivity index (χ0v) is 9.75. The summed E-state index contributed by atoms with van der Waals surface area (Å²) in [7, 11) is 3.54. The Labute approximate surface area is 98.9 Å². The first-order valence-electron chi connectivity index (χ1n) is 5.02. The van der Waals surface area contributed by atoms with E-state index in [9.17, 15) is 14.9 Å². The van der Waals surface area contributed by atoms with Crippen LogP contribution in [0.2, 0.25) is 0 Å². The van der Waals surface area contributed by atoms with E-state index in [1.54, 1.807) is 31.1 Å². The molecule has 0 aromatic heterocycles. The average Bonchev–Trinajstić information content (AvgIpc) is 2.26. The second-order valence-electron chi connectivity index (χ2n) is 3.82. The summed E-state index contributed by atoms with van der Waals surface area (Å²) in [6.07, 6.45) is 0. The average molecular weight is 238 g/mol. The van der Waals surface area contributed by atoms with E-state index in [-0.39, 0.29) is 24.8 Å². The van der Waals surface area contributed by atoms with Crippen molar-refractivity contribution in [1.29, 1.82) is 0 Å². The van der Waals surface area contributed by atoms with Gasteiger partial charge in [0.15, 0.2) is 0 Å². The maximum atomic E-state index is 11.2. The van der Waals surface area contributed by atoms with Gasteiger partial charge >= 0.3 is 5.97 Å². The molecule has 0 atom stereocenters. The highest BCUT2D eigenvalue weighted by Crippen LogP contribution is 2.12. The molecule has 0 aliphatic rings. The molecule has 0 aliphatic heterocycles. The van der Waals surface area contributed by atoms with E-state index in [4.69, 9.17) is 4.74 Å². The quantitative estimate of drug-likeness (QED) is 0.438. The van der Waals surface area contributed by atoms with Crippen molar-refractivity contribution in [3.63, 3.8) is 0 Å². The zero-order chi connectivity index (χ0) is 12.8. The molecule has 1 aromatic carbocycles. The van der Waals surface area contributed by atoms with Crippen LogP contribution in [0.15, 0.2) is 24.3 Å². The topological polar surface area (TPSA) is 72.7 Å². The smallest absolute Gasteiger partial charge is 0.320 e. The molecule has 0 fully saturated rings. The van der Waals surface area contributed by atoms with Gasteiger partial charge in [0.05, 0.1) is 11.5 Å². The first-order valence-corrected chi connectivity index (χ1v) is 5.02. The number of nitro benzene ring substituents is 1. The summed E-state index contributed by atoms with van der Waals surface area (Å²) >= 11 is 0. The summed E-state index contributed by atoms with van der Waals surface area (Å²) in [5, 5.41) is 10.4. The molecule has 6 nitrogen and oxygen atoms in total. The van der Waals surface area contributed by atoms with E-state index in [1.165, 1.54) is 12.1 Å². The van der Waals surface area contributed by atoms with Crippen LogP contribution < -0.4 is 0 Å². The van der Waals surface area contributed by atoms with E-state index < -0.39 is 4.92 Å². The third kappa shape index (κ3) is 4.60. The van der Waals surface area contributed by atoms with Crippen LogP contribution in [0.3, 0.4) is 0 Å². The molecule has 1 rings (SSSR count). The van der Waals surface area contributed by atoms with Crippen molar-refractivity contribution < 1.29 is 14.5 Å². The van der Waals surface area contributed by atoms with Gasteiger partial charge in [0.25, 0.3) is 5.69 Å². The summed E-state index contributed by atoms with van der Waals surface area (Å²) in [4.78, 5) is 22.9. The predicted molar refractivity (Wildman–Crippen MR) is 61.4 cm³/mol. The van der Waals surface area contributed by atoms with E-state index in [1.807, 2.05) is 0 Å². The molecule has 0 aliphatic carbocycles. The SMILES string of the molecule is CN(C)CC(=O)OCc1ccc([N+](=O)[O-])cc1. The van der Waals surface area contributed by atoms with Gasteiger partial charge in [-0.2, -0.15) is 0 Å². The van der Waals surface area contributed by atoms with Crippen LogP contribution in [0.4, 0.5) is 5.69 Å². The summed E-state index contributed by atoms with van der Waals surface area (Å²) in [5.74, 6) is -0.326. The molecule has 17 heavy (non-hydrogen) atoms. The van der Waals surface area contributed by atoms with Gasteiger partial charge in [0.2, 0.25) is 0 Å². The molecular weight excluding hydrogens is 224 g/mol. The van der Waals surface area contributed by atoms with Crippen molar-refractivity contribution >= 4 is 11.7 Å². The standard InChI is InChI=1S/C11H14N2O4/c1-12(2)7-11(14)17-8-9-3-5-10(6-4-9)13(15)16/h3-6H,7-8H2,1-2H3. The van der Waals surface area contributed by atoms with Crippen LogP contribution in [-0.4, -0.2) is 36.4 Å². The van der Waals surface area contributed by atoms with Gasteiger partial charge in [-0.25, -0.2) is 0 Å². The maximum absolute atomic E-state index is 11.2. The summed E-state index contributed by atoms with van der Waals surface area (Å²) in [6.45, 7) is 0.345. The number of rotatable bonds is 5. The van der Waals surface area contributed by atoms with Gasteiger partial charge < -0.3 is 4.74 Å². The summed E-state index contributed by atoms with van der Waals surface area (Å²) < 4.78 is 4.99. The Hall–Kier alpha value is -1.95. The van der Waals surface area contributed by atoms with Gasteiger partial charge in [-0.1, -0.05) is 0 Å². The molecule has 0 unspecified atom stereocenters. The van der Waals surface area contributed by atoms with Crippen molar-refractivity contribution in [2.75, 3.05) is 20.6 Å². The molecule has 0 amide bonds. The zero-order valence-electron chi connectivity index (χ0n) is 9.75. The third-order valence-electron chi connectivity index (χ3n) is 1.99. The van der Waals surface area contributed by atoms with Crippen LogP contribution in [-0.2, 0) is 16.1 Å². The molecular formula is C11H14N2O4. The summed E-state index contributed by atoms with van der Waals surface area (Å²) in [5.41, 5.74) is 0.746. The number of non-ortho nitro benzene ring substituents is 1. The monoisotopic (exact) mass is 238 g/mol. The highest BCUT2D eigenvalue weighted by Gasteiger charge is 2.07. The van der Waals surface area contributed by atoms with E-state index >= 15 is 0 Å². The number of carbonyl (C=O) groups excluding carboxylic acids is 1. The number of likely N-dealkylation sites (N-methyl/N-ethyl adjacent to an activating group) is 1. The Morgan fingerprint density at radius 2 is 1.94 bits per heavy atom. The van der Waals surface area contributed by atoms with Crippen molar-refractivity contribution in [2.24, 2.45) is 0 Å². The number of carbonyl (C=O) groups is 1. The van der Waals surface area contributed by atoms with E-state index in [2.05, 4.69) is 0 Å². The molecule has 0 radical (unpaired) electrons. The number of benzene rings is 1. The maximum Gasteiger partial charge on any atom is 0.320 e. The molecule has 0 heterocycles. The molecule has 0 bridgehead atoms. The lowest BCUT2D eigenvalue weighted by Crippen LogP contribution is -2.23. The Kier molecular flexibility index (Phi) is 4.59. The molecule has 92 valence electrons. The third-order valence-corrected chi connectivity index (χ3v) is 1.99. The lowest BCUT2D eigenvalue weighted by Gasteiger charge is -2.09. The fourth-order valence-electron chi connectivity index (χ4n) is 1.18. The van der Waals surface area contributed by atoms with Crippen molar-refractivity contribution in [2.45, 2.75) is 6.61 Å². The van der Waals surface area contributed by atoms with E-state index in [0.29, 0.717) is 0 Å². The number of esters is 1. The minimum absolute atomic E-state index is 0.0216. The summed E-state index contributed by atoms with van der Waals surface area (Å²) in [6, 6.07) is 5.91. The number of nitrogens with zero attached hydrogens (tertiary/aromatic N) is 2. The Balaban J connectivity index is 2.47. The van der Waals surface area contributed by atoms with Crippen LogP contribution >= 0.6 is 0 Å². The second-order valence-corrected chi connectivity index (χ2v) is 3.82. The fourth-order valence-corrected chi connectivity index (χ4v) is 1.18. The van der Waals surface area contributed by atoms with Crippen molar-refractivity contribution in [3.05, 3.63) is 39.9 Å². The van der Waals surface area contributed by atoms with Gasteiger partial charge in [0.1, 0.15) is 6.61 Å². The van der Waals surface area contributed by atoms with Crippen LogP contribution in [0.5, 0.6) is 0 Å². The lowest BCUT2D eigenvalue weighted by atomic mass is 10.2. The number of ether oxygens (including phenoxy) is 1. The lowest BCUT2D eigenvalue weighted by molar-refractivity contribution is -0.384. The molecule has 0 N–H and O–H groups in total. The van der Waals surface area contributed by atoms with Gasteiger partial charge in [-0.3, -0.25) is 19.8 Å². The largest absolute Gasteiger partial charge is 0.460 e. The minimum atomic E-state index is -0.470. The highest BCUT2D eigenvalue weighted by atomic mass is 16.6. The Morgan fingerprint density at radius 3 is 2.41 bits per heavy atom. The molecule has 0 saturated carbocycles. The van der Waals surface area contributed by atoms with Crippen LogP contribution in [0.1, 0.15) is 5.56 Å². The minimum Gasteiger partial charge on any atom is -0.460 e. The van der Waals surface area contributed by atoms with Gasteiger partial charge in [-0.15, -0.1) is 0 Å². The number of nitro groups is 1. The molecule has 0 spiro atoms. The Bertz CT molecular complexity index is 400. The first kappa shape index (κ1) is 13.1. The molecule has 0 saturated heterocycles.